The molecule has 1 aliphatic rings. The molecule has 0 spiro atoms. The van der Waals surface area contributed by atoms with Crippen molar-refractivity contribution < 1.29 is 0 Å². The minimum Gasteiger partial charge on any atom is -0.316 e. The van der Waals surface area contributed by atoms with Crippen molar-refractivity contribution in [1.82, 2.24) is 10.3 Å². The van der Waals surface area contributed by atoms with E-state index in [9.17, 15) is 0 Å². The second-order valence-corrected chi connectivity index (χ2v) is 6.78. The number of nitrogens with one attached hydrogen (secondary N) is 1. The van der Waals surface area contributed by atoms with Crippen molar-refractivity contribution in [3.05, 3.63) is 29.3 Å². The monoisotopic (exact) mass is 260 g/mol. The SMILES string of the molecule is CC(C)(c1nc2ccccc2s1)C1CCCNC1. The minimum absolute atomic E-state index is 0.178. The van der Waals surface area contributed by atoms with Crippen LogP contribution < -0.4 is 5.32 Å². The lowest BCUT2D eigenvalue weighted by Gasteiger charge is -2.35. The van der Waals surface area contributed by atoms with Crippen molar-refractivity contribution >= 4 is 21.6 Å². The molecule has 0 amide bonds. The van der Waals surface area contributed by atoms with Gasteiger partial charge in [-0.3, -0.25) is 0 Å². The van der Waals surface area contributed by atoms with Gasteiger partial charge in [0.15, 0.2) is 0 Å². The maximum absolute atomic E-state index is 4.85. The topological polar surface area (TPSA) is 24.9 Å². The van der Waals surface area contributed by atoms with E-state index >= 15 is 0 Å². The Labute approximate surface area is 112 Å². The fourth-order valence-corrected chi connectivity index (χ4v) is 3.94. The Morgan fingerprint density at radius 1 is 1.33 bits per heavy atom. The molecule has 1 aromatic carbocycles. The Morgan fingerprint density at radius 3 is 2.89 bits per heavy atom. The van der Waals surface area contributed by atoms with Crippen LogP contribution in [0.5, 0.6) is 0 Å². The molecule has 1 aromatic heterocycles. The van der Waals surface area contributed by atoms with Crippen LogP contribution in [0.25, 0.3) is 10.2 Å². The number of hydrogen-bond acceptors (Lipinski definition) is 3. The molecule has 1 saturated heterocycles. The van der Waals surface area contributed by atoms with Crippen molar-refractivity contribution in [2.75, 3.05) is 13.1 Å². The number of nitrogens with zero attached hydrogens (tertiary/aromatic N) is 1. The Morgan fingerprint density at radius 2 is 2.17 bits per heavy atom. The van der Waals surface area contributed by atoms with E-state index in [1.165, 1.54) is 29.1 Å². The smallest absolute Gasteiger partial charge is 0.0998 e. The van der Waals surface area contributed by atoms with Crippen molar-refractivity contribution in [3.63, 3.8) is 0 Å². The first kappa shape index (κ1) is 12.1. The number of piperidine rings is 1. The molecule has 3 heteroatoms. The fourth-order valence-electron chi connectivity index (χ4n) is 2.79. The van der Waals surface area contributed by atoms with Gasteiger partial charge in [-0.05, 0) is 44.0 Å². The first-order chi connectivity index (χ1) is 8.68. The Kier molecular flexibility index (Phi) is 3.12. The number of thiazole rings is 1. The summed E-state index contributed by atoms with van der Waals surface area (Å²) in [6.07, 6.45) is 2.61. The van der Waals surface area contributed by atoms with Crippen LogP contribution in [0.4, 0.5) is 0 Å². The molecule has 2 aromatic rings. The predicted octanol–water partition coefficient (Wildman–Crippen LogP) is 3.57. The summed E-state index contributed by atoms with van der Waals surface area (Å²) in [5.74, 6) is 0.701. The Hall–Kier alpha value is -0.930. The quantitative estimate of drug-likeness (QED) is 0.893. The third-order valence-electron chi connectivity index (χ3n) is 4.16. The minimum atomic E-state index is 0.178. The average Bonchev–Trinajstić information content (AvgIpc) is 2.84. The lowest BCUT2D eigenvalue weighted by atomic mass is 9.75. The zero-order chi connectivity index (χ0) is 12.6. The highest BCUT2D eigenvalue weighted by Gasteiger charge is 2.34. The van der Waals surface area contributed by atoms with Crippen molar-refractivity contribution in [3.8, 4) is 0 Å². The van der Waals surface area contributed by atoms with Gasteiger partial charge in [-0.2, -0.15) is 0 Å². The summed E-state index contributed by atoms with van der Waals surface area (Å²) >= 11 is 1.86. The third kappa shape index (κ3) is 2.06. The van der Waals surface area contributed by atoms with Gasteiger partial charge < -0.3 is 5.32 Å². The van der Waals surface area contributed by atoms with Gasteiger partial charge >= 0.3 is 0 Å². The number of benzene rings is 1. The zero-order valence-electron chi connectivity index (χ0n) is 11.1. The van der Waals surface area contributed by atoms with Crippen LogP contribution in [0.2, 0.25) is 0 Å². The van der Waals surface area contributed by atoms with Crippen LogP contribution in [0.3, 0.4) is 0 Å². The second-order valence-electron chi connectivity index (χ2n) is 5.75. The summed E-state index contributed by atoms with van der Waals surface area (Å²) in [5.41, 5.74) is 1.33. The normalized spacial score (nSPS) is 21.3. The molecule has 18 heavy (non-hydrogen) atoms. The first-order valence-corrected chi connectivity index (χ1v) is 7.56. The van der Waals surface area contributed by atoms with E-state index in [0.29, 0.717) is 5.92 Å². The van der Waals surface area contributed by atoms with Gasteiger partial charge in [-0.15, -0.1) is 11.3 Å². The lowest BCUT2D eigenvalue weighted by Crippen LogP contribution is -2.40. The van der Waals surface area contributed by atoms with Gasteiger partial charge in [-0.1, -0.05) is 26.0 Å². The highest BCUT2D eigenvalue weighted by molar-refractivity contribution is 7.18. The molecule has 1 aliphatic heterocycles. The maximum atomic E-state index is 4.85. The molecular formula is C15H20N2S. The fraction of sp³-hybridized carbons (Fsp3) is 0.533. The molecule has 1 fully saturated rings. The number of hydrogen-bond donors (Lipinski definition) is 1. The second kappa shape index (κ2) is 4.63. The van der Waals surface area contributed by atoms with Gasteiger partial charge in [0.05, 0.1) is 15.2 Å². The summed E-state index contributed by atoms with van der Waals surface area (Å²) < 4.78 is 1.31. The molecule has 1 atom stereocenters. The van der Waals surface area contributed by atoms with Crippen LogP contribution in [-0.4, -0.2) is 18.1 Å². The van der Waals surface area contributed by atoms with Crippen LogP contribution in [-0.2, 0) is 5.41 Å². The summed E-state index contributed by atoms with van der Waals surface area (Å²) in [6.45, 7) is 7.00. The molecule has 1 N–H and O–H groups in total. The van der Waals surface area contributed by atoms with E-state index in [2.05, 4.69) is 43.4 Å². The van der Waals surface area contributed by atoms with Crippen LogP contribution in [0.1, 0.15) is 31.7 Å². The van der Waals surface area contributed by atoms with E-state index in [1.54, 1.807) is 0 Å². The molecule has 1 unspecified atom stereocenters. The van der Waals surface area contributed by atoms with E-state index in [-0.39, 0.29) is 5.41 Å². The molecule has 0 saturated carbocycles. The standard InChI is InChI=1S/C15H20N2S/c1-15(2,11-6-5-9-16-10-11)14-17-12-7-3-4-8-13(12)18-14/h3-4,7-8,11,16H,5-6,9-10H2,1-2H3. The molecule has 0 bridgehead atoms. The van der Waals surface area contributed by atoms with Gasteiger partial charge in [0.2, 0.25) is 0 Å². The molecule has 2 nitrogen and oxygen atoms in total. The number of aromatic nitrogens is 1. The molecule has 96 valence electrons. The first-order valence-electron chi connectivity index (χ1n) is 6.75. The summed E-state index contributed by atoms with van der Waals surface area (Å²) in [7, 11) is 0. The maximum Gasteiger partial charge on any atom is 0.0998 e. The van der Waals surface area contributed by atoms with Gasteiger partial charge in [0, 0.05) is 5.41 Å². The van der Waals surface area contributed by atoms with Crippen LogP contribution in [0, 0.1) is 5.92 Å². The summed E-state index contributed by atoms with van der Waals surface area (Å²) in [6, 6.07) is 8.46. The van der Waals surface area contributed by atoms with Crippen molar-refractivity contribution in [2.24, 2.45) is 5.92 Å². The molecular weight excluding hydrogens is 240 g/mol. The Bertz CT molecular complexity index is 505. The van der Waals surface area contributed by atoms with Crippen molar-refractivity contribution in [2.45, 2.75) is 32.1 Å². The van der Waals surface area contributed by atoms with Gasteiger partial charge in [0.1, 0.15) is 0 Å². The van der Waals surface area contributed by atoms with Crippen molar-refractivity contribution in [1.29, 1.82) is 0 Å². The molecule has 0 aliphatic carbocycles. The molecule has 0 radical (unpaired) electrons. The largest absolute Gasteiger partial charge is 0.316 e. The summed E-state index contributed by atoms with van der Waals surface area (Å²) in [4.78, 5) is 4.85. The lowest BCUT2D eigenvalue weighted by molar-refractivity contribution is 0.251. The predicted molar refractivity (Wildman–Crippen MR) is 78.2 cm³/mol. The van der Waals surface area contributed by atoms with Gasteiger partial charge in [0.25, 0.3) is 0 Å². The van der Waals surface area contributed by atoms with E-state index in [4.69, 9.17) is 4.98 Å². The number of rotatable bonds is 2. The van der Waals surface area contributed by atoms with E-state index in [0.717, 1.165) is 12.1 Å². The summed E-state index contributed by atoms with van der Waals surface area (Å²) in [5, 5.41) is 4.81. The average molecular weight is 260 g/mol. The Balaban J connectivity index is 1.96. The molecule has 3 rings (SSSR count). The number of para-hydroxylation sites is 1. The van der Waals surface area contributed by atoms with Crippen LogP contribution >= 0.6 is 11.3 Å². The number of fused-ring (bicyclic) bond motifs is 1. The highest BCUT2D eigenvalue weighted by Crippen LogP contribution is 2.39. The zero-order valence-corrected chi connectivity index (χ0v) is 11.9. The van der Waals surface area contributed by atoms with E-state index in [1.807, 2.05) is 11.3 Å². The molecule has 2 heterocycles. The van der Waals surface area contributed by atoms with Gasteiger partial charge in [-0.25, -0.2) is 4.98 Å². The highest BCUT2D eigenvalue weighted by atomic mass is 32.1. The third-order valence-corrected chi connectivity index (χ3v) is 5.54. The van der Waals surface area contributed by atoms with E-state index < -0.39 is 0 Å². The van der Waals surface area contributed by atoms with Crippen LogP contribution in [0.15, 0.2) is 24.3 Å².